The van der Waals surface area contributed by atoms with Gasteiger partial charge < -0.3 is 30.2 Å². The smallest absolute Gasteiger partial charge is 0.257 e. The zero-order valence-corrected chi connectivity index (χ0v) is 29.7. The monoisotopic (exact) mass is 722 g/mol. The second-order valence-electron chi connectivity index (χ2n) is 15.1. The molecule has 1 aromatic heterocycles. The lowest BCUT2D eigenvalue weighted by Gasteiger charge is -2.47. The highest BCUT2D eigenvalue weighted by Gasteiger charge is 2.45. The second-order valence-corrected chi connectivity index (χ2v) is 15.1. The van der Waals surface area contributed by atoms with Crippen molar-refractivity contribution in [3.8, 4) is 17.0 Å². The van der Waals surface area contributed by atoms with E-state index in [1.165, 1.54) is 11.3 Å². The number of imide groups is 1. The van der Waals surface area contributed by atoms with Gasteiger partial charge in [0.05, 0.1) is 17.4 Å². The molecule has 15 heteroatoms. The average Bonchev–Trinajstić information content (AvgIpc) is 3.76. The van der Waals surface area contributed by atoms with Crippen molar-refractivity contribution in [3.05, 3.63) is 59.7 Å². The van der Waals surface area contributed by atoms with E-state index in [0.717, 1.165) is 95.7 Å². The van der Waals surface area contributed by atoms with Gasteiger partial charge in [-0.1, -0.05) is 18.2 Å². The number of nitrogens with zero attached hydrogens (tertiary/aromatic N) is 8. The summed E-state index contributed by atoms with van der Waals surface area (Å²) in [6, 6.07) is 14.9. The van der Waals surface area contributed by atoms with Gasteiger partial charge in [0.2, 0.25) is 11.8 Å². The van der Waals surface area contributed by atoms with E-state index in [4.69, 9.17) is 0 Å². The highest BCUT2D eigenvalue weighted by Crippen LogP contribution is 2.38. The molecule has 0 aliphatic carbocycles. The lowest BCUT2D eigenvalue weighted by molar-refractivity contribution is -0.139. The zero-order valence-electron chi connectivity index (χ0n) is 29.7. The number of carbonyl (C=O) groups is 3. The van der Waals surface area contributed by atoms with Crippen molar-refractivity contribution in [2.24, 2.45) is 0 Å². The Morgan fingerprint density at radius 3 is 2.47 bits per heavy atom. The third-order valence-electron chi connectivity index (χ3n) is 12.1. The number of piperazine rings is 2. The van der Waals surface area contributed by atoms with Crippen molar-refractivity contribution in [2.75, 3.05) is 93.7 Å². The molecule has 4 saturated heterocycles. The molecule has 3 unspecified atom stereocenters. The number of phenols is 1. The first-order valence-electron chi connectivity index (χ1n) is 18.9. The Morgan fingerprint density at radius 1 is 0.811 bits per heavy atom. The first kappa shape index (κ1) is 34.0. The number of para-hydroxylation sites is 1. The minimum Gasteiger partial charge on any atom is -0.507 e. The van der Waals surface area contributed by atoms with Crippen LogP contribution in [0.1, 0.15) is 41.4 Å². The number of likely N-dealkylation sites (tertiary alicyclic amines) is 1. The molecule has 0 bridgehead atoms. The average molecular weight is 723 g/mol. The molecule has 0 saturated carbocycles. The number of nitrogens with one attached hydrogen (secondary N) is 2. The number of anilines is 3. The van der Waals surface area contributed by atoms with E-state index >= 15 is 0 Å². The predicted octanol–water partition coefficient (Wildman–Crippen LogP) is 0.914. The fraction of sp³-hybridized carbons (Fsp3) is 0.500. The summed E-state index contributed by atoms with van der Waals surface area (Å²) in [4.78, 5) is 51.3. The normalized spacial score (nSPS) is 26.7. The molecular weight excluding hydrogens is 676 g/mol. The lowest BCUT2D eigenvalue weighted by Crippen LogP contribution is -2.60. The zero-order chi connectivity index (χ0) is 36.2. The summed E-state index contributed by atoms with van der Waals surface area (Å²) in [5.41, 5.74) is 4.29. The topological polar surface area (TPSA) is 161 Å². The van der Waals surface area contributed by atoms with E-state index in [2.05, 4.69) is 51.4 Å². The standard InChI is InChI=1S/C38H46N10O5/c49-33-4-2-1-3-28(33)30-20-32-35(42-41-30)39-21-26-23-46(17-18-47(26)32)25-9-10-44(22-25)12-11-43-13-15-45(16-14-43)24-5-6-27-29(19-24)38(53)48(37(27)52)31-7-8-34(50)40-36(31)51/h1-6,19-20,25-26,31,37,49,52H,7-18,21-23H2,(H,39,42)(H,40,50,51)/t25?,26-,31?,37?/m0/s1. The van der Waals surface area contributed by atoms with Crippen LogP contribution in [0.3, 0.4) is 0 Å². The molecule has 53 heavy (non-hydrogen) atoms. The number of benzene rings is 2. The lowest BCUT2D eigenvalue weighted by atomic mass is 10.0. The van der Waals surface area contributed by atoms with Gasteiger partial charge in [-0.2, -0.15) is 0 Å². The second kappa shape index (κ2) is 13.9. The molecule has 2 aromatic carbocycles. The van der Waals surface area contributed by atoms with Gasteiger partial charge in [-0.3, -0.25) is 34.4 Å². The first-order valence-corrected chi connectivity index (χ1v) is 18.9. The van der Waals surface area contributed by atoms with Gasteiger partial charge in [-0.15, -0.1) is 10.2 Å². The summed E-state index contributed by atoms with van der Waals surface area (Å²) < 4.78 is 0. The van der Waals surface area contributed by atoms with Gasteiger partial charge in [0.1, 0.15) is 11.8 Å². The van der Waals surface area contributed by atoms with Crippen LogP contribution < -0.4 is 20.4 Å². The van der Waals surface area contributed by atoms with E-state index in [9.17, 15) is 24.6 Å². The molecule has 3 amide bonds. The summed E-state index contributed by atoms with van der Waals surface area (Å²) in [5.74, 6) is -0.246. The summed E-state index contributed by atoms with van der Waals surface area (Å²) in [7, 11) is 0. The molecule has 278 valence electrons. The molecule has 7 heterocycles. The first-order chi connectivity index (χ1) is 25.8. The van der Waals surface area contributed by atoms with Crippen LogP contribution in [0, 0.1) is 0 Å². The Morgan fingerprint density at radius 2 is 1.64 bits per heavy atom. The van der Waals surface area contributed by atoms with E-state index in [0.29, 0.717) is 34.5 Å². The van der Waals surface area contributed by atoms with Crippen LogP contribution in [0.5, 0.6) is 5.75 Å². The van der Waals surface area contributed by atoms with Crippen LogP contribution >= 0.6 is 0 Å². The maximum absolute atomic E-state index is 13.4. The van der Waals surface area contributed by atoms with E-state index in [1.807, 2.05) is 30.3 Å². The number of aliphatic hydroxyl groups is 1. The maximum Gasteiger partial charge on any atom is 0.257 e. The minimum atomic E-state index is -1.20. The molecule has 4 fully saturated rings. The number of phenolic OH excluding ortho intramolecular Hbond substituents is 1. The van der Waals surface area contributed by atoms with Gasteiger partial charge in [0, 0.05) is 107 Å². The maximum atomic E-state index is 13.4. The Labute approximate surface area is 308 Å². The van der Waals surface area contributed by atoms with E-state index in [1.54, 1.807) is 12.1 Å². The van der Waals surface area contributed by atoms with Crippen LogP contribution in [0.4, 0.5) is 17.2 Å². The Kier molecular flexibility index (Phi) is 8.88. The molecule has 0 radical (unpaired) electrons. The van der Waals surface area contributed by atoms with Gasteiger partial charge in [-0.05, 0) is 49.7 Å². The van der Waals surface area contributed by atoms with Gasteiger partial charge in [-0.25, -0.2) is 0 Å². The predicted molar refractivity (Wildman–Crippen MR) is 198 cm³/mol. The molecule has 4 N–H and O–H groups in total. The molecule has 6 aliphatic rings. The van der Waals surface area contributed by atoms with Crippen molar-refractivity contribution in [2.45, 2.75) is 43.6 Å². The number of hydrogen-bond acceptors (Lipinski definition) is 13. The fourth-order valence-electron chi connectivity index (χ4n) is 9.10. The number of hydrogen-bond donors (Lipinski definition) is 4. The summed E-state index contributed by atoms with van der Waals surface area (Å²) in [6.07, 6.45) is 0.328. The molecular formula is C38H46N10O5. The number of carbonyl (C=O) groups excluding carboxylic acids is 3. The van der Waals surface area contributed by atoms with Gasteiger partial charge in [0.25, 0.3) is 5.91 Å². The van der Waals surface area contributed by atoms with Gasteiger partial charge in [0.15, 0.2) is 12.0 Å². The number of piperidine rings is 1. The molecule has 9 rings (SSSR count). The summed E-state index contributed by atoms with van der Waals surface area (Å²) in [5, 5.41) is 36.0. The van der Waals surface area contributed by atoms with Crippen LogP contribution in [-0.2, 0) is 9.59 Å². The molecule has 15 nitrogen and oxygen atoms in total. The van der Waals surface area contributed by atoms with Gasteiger partial charge >= 0.3 is 0 Å². The number of aromatic nitrogens is 2. The summed E-state index contributed by atoms with van der Waals surface area (Å²) in [6.45, 7) is 11.6. The van der Waals surface area contributed by atoms with Crippen molar-refractivity contribution < 1.29 is 24.6 Å². The Hall–Kier alpha value is -4.83. The highest BCUT2D eigenvalue weighted by molar-refractivity contribution is 6.06. The summed E-state index contributed by atoms with van der Waals surface area (Å²) >= 11 is 0. The van der Waals surface area contributed by atoms with Crippen LogP contribution in [0.2, 0.25) is 0 Å². The molecule has 6 aliphatic heterocycles. The third kappa shape index (κ3) is 6.34. The Balaban J connectivity index is 0.748. The number of aromatic hydroxyl groups is 1. The Bertz CT molecular complexity index is 1920. The largest absolute Gasteiger partial charge is 0.507 e. The number of aliphatic hydroxyl groups excluding tert-OH is 1. The minimum absolute atomic E-state index is 0.143. The number of rotatable bonds is 7. The van der Waals surface area contributed by atoms with Crippen molar-refractivity contribution in [1.29, 1.82) is 0 Å². The van der Waals surface area contributed by atoms with Crippen molar-refractivity contribution in [3.63, 3.8) is 0 Å². The molecule has 3 aromatic rings. The van der Waals surface area contributed by atoms with Crippen LogP contribution in [-0.4, -0.2) is 154 Å². The van der Waals surface area contributed by atoms with Crippen molar-refractivity contribution >= 4 is 34.9 Å². The SMILES string of the molecule is O=C1CCC(N2C(=O)c3cc(N4CCN(CCN5CCC(N6CCN7c8cc(-c9ccccc9O)nnc8NC[C@H]7C6)C5)CC4)ccc3C2O)C(=O)N1. The third-order valence-corrected chi connectivity index (χ3v) is 12.1. The number of fused-ring (bicyclic) bond motifs is 4. The van der Waals surface area contributed by atoms with E-state index in [-0.39, 0.29) is 30.4 Å². The quantitative estimate of drug-likeness (QED) is 0.255. The van der Waals surface area contributed by atoms with Crippen LogP contribution in [0.25, 0.3) is 11.3 Å². The molecule has 0 spiro atoms. The van der Waals surface area contributed by atoms with Crippen molar-refractivity contribution in [1.82, 2.24) is 35.1 Å². The number of amides is 3. The fourth-order valence-corrected chi connectivity index (χ4v) is 9.10. The highest BCUT2D eigenvalue weighted by atomic mass is 16.3. The molecule has 4 atom stereocenters. The van der Waals surface area contributed by atoms with E-state index < -0.39 is 18.2 Å². The van der Waals surface area contributed by atoms with Crippen LogP contribution in [0.15, 0.2) is 48.5 Å².